The van der Waals surface area contributed by atoms with Crippen molar-refractivity contribution in [1.29, 1.82) is 0 Å². The topological polar surface area (TPSA) is 38.3 Å². The molecule has 0 radical (unpaired) electrons. The highest BCUT2D eigenvalue weighted by Gasteiger charge is 2.30. The predicted molar refractivity (Wildman–Crippen MR) is 76.7 cm³/mol. The molecule has 0 saturated carbocycles. The van der Waals surface area contributed by atoms with Gasteiger partial charge in [-0.2, -0.15) is 0 Å². The van der Waals surface area contributed by atoms with E-state index in [1.165, 1.54) is 0 Å². The van der Waals surface area contributed by atoms with Crippen molar-refractivity contribution in [3.63, 3.8) is 0 Å². The third kappa shape index (κ3) is 2.19. The number of nitrogens with one attached hydrogen (secondary N) is 1. The lowest BCUT2D eigenvalue weighted by atomic mass is 10.1. The number of fused-ring (bicyclic) bond motifs is 1. The van der Waals surface area contributed by atoms with Crippen molar-refractivity contribution in [2.75, 3.05) is 12.4 Å². The number of para-hydroxylation sites is 2. The normalized spacial score (nSPS) is 17.5. The molecule has 96 valence electrons. The number of hydrogen-bond donors (Lipinski definition) is 1. The van der Waals surface area contributed by atoms with Crippen LogP contribution in [0.1, 0.15) is 10.8 Å². The quantitative estimate of drug-likeness (QED) is 0.908. The summed E-state index contributed by atoms with van der Waals surface area (Å²) >= 11 is 1.56. The van der Waals surface area contributed by atoms with E-state index < -0.39 is 0 Å². The second kappa shape index (κ2) is 4.97. The van der Waals surface area contributed by atoms with Crippen molar-refractivity contribution in [2.45, 2.75) is 10.1 Å². The largest absolute Gasteiger partial charge is 0.496 e. The fourth-order valence-electron chi connectivity index (χ4n) is 2.14. The minimum Gasteiger partial charge on any atom is -0.496 e. The maximum atomic E-state index is 12.2. The average molecular weight is 271 g/mol. The van der Waals surface area contributed by atoms with Crippen LogP contribution in [0.3, 0.4) is 0 Å². The molecule has 2 aromatic carbocycles. The first kappa shape index (κ1) is 12.1. The molecule has 0 aromatic heterocycles. The van der Waals surface area contributed by atoms with Crippen LogP contribution >= 0.6 is 11.8 Å². The maximum Gasteiger partial charge on any atom is 0.242 e. The van der Waals surface area contributed by atoms with Gasteiger partial charge < -0.3 is 10.1 Å². The first-order chi connectivity index (χ1) is 9.29. The molecule has 0 aliphatic carbocycles. The van der Waals surface area contributed by atoms with Crippen molar-refractivity contribution in [3.05, 3.63) is 54.1 Å². The molecule has 1 N–H and O–H groups in total. The Balaban J connectivity index is 2.01. The lowest BCUT2D eigenvalue weighted by Gasteiger charge is -2.25. The van der Waals surface area contributed by atoms with E-state index in [9.17, 15) is 4.79 Å². The van der Waals surface area contributed by atoms with Gasteiger partial charge in [0.2, 0.25) is 5.91 Å². The molecule has 2 aromatic rings. The van der Waals surface area contributed by atoms with Crippen LogP contribution in [0.15, 0.2) is 53.4 Å². The first-order valence-electron chi connectivity index (χ1n) is 5.99. The molecule has 0 bridgehead atoms. The summed E-state index contributed by atoms with van der Waals surface area (Å²) < 4.78 is 5.34. The van der Waals surface area contributed by atoms with Gasteiger partial charge in [0.25, 0.3) is 0 Å². The van der Waals surface area contributed by atoms with E-state index in [1.807, 2.05) is 48.5 Å². The monoisotopic (exact) mass is 271 g/mol. The van der Waals surface area contributed by atoms with Crippen molar-refractivity contribution >= 4 is 23.4 Å². The second-order valence-electron chi connectivity index (χ2n) is 4.23. The van der Waals surface area contributed by atoms with Gasteiger partial charge in [-0.1, -0.05) is 30.3 Å². The van der Waals surface area contributed by atoms with Gasteiger partial charge in [0, 0.05) is 10.5 Å². The van der Waals surface area contributed by atoms with Crippen LogP contribution in [-0.4, -0.2) is 13.0 Å². The fraction of sp³-hybridized carbons (Fsp3) is 0.133. The maximum absolute atomic E-state index is 12.2. The lowest BCUT2D eigenvalue weighted by Crippen LogP contribution is -2.23. The van der Waals surface area contributed by atoms with Crippen molar-refractivity contribution in [2.24, 2.45) is 0 Å². The van der Waals surface area contributed by atoms with E-state index in [0.29, 0.717) is 0 Å². The predicted octanol–water partition coefficient (Wildman–Crippen LogP) is 3.48. The zero-order chi connectivity index (χ0) is 13.2. The molecule has 4 heteroatoms. The zero-order valence-corrected chi connectivity index (χ0v) is 11.2. The first-order valence-corrected chi connectivity index (χ1v) is 6.87. The summed E-state index contributed by atoms with van der Waals surface area (Å²) in [6.07, 6.45) is 0. The Hall–Kier alpha value is -1.94. The van der Waals surface area contributed by atoms with Crippen LogP contribution in [0.25, 0.3) is 0 Å². The number of ether oxygens (including phenoxy) is 1. The number of benzene rings is 2. The number of rotatable bonds is 2. The van der Waals surface area contributed by atoms with Crippen molar-refractivity contribution in [1.82, 2.24) is 0 Å². The highest BCUT2D eigenvalue weighted by molar-refractivity contribution is 8.00. The molecule has 19 heavy (non-hydrogen) atoms. The zero-order valence-electron chi connectivity index (χ0n) is 10.4. The summed E-state index contributed by atoms with van der Waals surface area (Å²) in [5, 5.41) is 2.67. The molecule has 1 unspecified atom stereocenters. The fourth-order valence-corrected chi connectivity index (χ4v) is 3.28. The van der Waals surface area contributed by atoms with E-state index in [-0.39, 0.29) is 11.2 Å². The molecule has 0 fully saturated rings. The molecule has 1 aliphatic heterocycles. The van der Waals surface area contributed by atoms with Gasteiger partial charge in [-0.3, -0.25) is 4.79 Å². The second-order valence-corrected chi connectivity index (χ2v) is 5.37. The summed E-state index contributed by atoms with van der Waals surface area (Å²) in [6.45, 7) is 0. The van der Waals surface area contributed by atoms with E-state index >= 15 is 0 Å². The number of carbonyl (C=O) groups excluding carboxylic acids is 1. The van der Waals surface area contributed by atoms with Gasteiger partial charge in [0.05, 0.1) is 12.8 Å². The summed E-state index contributed by atoms with van der Waals surface area (Å²) in [7, 11) is 1.62. The molecule has 1 aliphatic rings. The molecule has 3 nitrogen and oxygen atoms in total. The number of methoxy groups -OCH3 is 1. The minimum absolute atomic E-state index is 0.00630. The average Bonchev–Trinajstić information content (AvgIpc) is 2.46. The van der Waals surface area contributed by atoms with E-state index in [0.717, 1.165) is 21.9 Å². The molecule has 1 amide bonds. The Morgan fingerprint density at radius 1 is 1.11 bits per heavy atom. The van der Waals surface area contributed by atoms with Gasteiger partial charge >= 0.3 is 0 Å². The van der Waals surface area contributed by atoms with Crippen LogP contribution in [0, 0.1) is 0 Å². The molecule has 3 rings (SSSR count). The molecule has 0 spiro atoms. The lowest BCUT2D eigenvalue weighted by molar-refractivity contribution is -0.115. The Bertz CT molecular complexity index is 627. The van der Waals surface area contributed by atoms with Crippen LogP contribution in [0.2, 0.25) is 0 Å². The Morgan fingerprint density at radius 3 is 2.68 bits per heavy atom. The molecule has 1 heterocycles. The van der Waals surface area contributed by atoms with Crippen molar-refractivity contribution < 1.29 is 9.53 Å². The Labute approximate surface area is 116 Å². The summed E-state index contributed by atoms with van der Waals surface area (Å²) in [4.78, 5) is 13.3. The third-order valence-corrected chi connectivity index (χ3v) is 4.36. The van der Waals surface area contributed by atoms with Gasteiger partial charge in [-0.05, 0) is 18.2 Å². The van der Waals surface area contributed by atoms with Gasteiger partial charge in [0.15, 0.2) is 0 Å². The van der Waals surface area contributed by atoms with E-state index in [1.54, 1.807) is 18.9 Å². The SMILES string of the molecule is COc1ccccc1C1Sc2ccccc2NC1=O. The molecular formula is C15H13NO2S. The Kier molecular flexibility index (Phi) is 3.17. The highest BCUT2D eigenvalue weighted by Crippen LogP contribution is 2.45. The summed E-state index contributed by atoms with van der Waals surface area (Å²) in [5.74, 6) is 0.739. The summed E-state index contributed by atoms with van der Waals surface area (Å²) in [6, 6.07) is 15.5. The van der Waals surface area contributed by atoms with Crippen molar-refractivity contribution in [3.8, 4) is 5.75 Å². The number of hydrogen-bond acceptors (Lipinski definition) is 3. The smallest absolute Gasteiger partial charge is 0.242 e. The number of amides is 1. The van der Waals surface area contributed by atoms with Gasteiger partial charge in [-0.25, -0.2) is 0 Å². The number of thioether (sulfide) groups is 1. The number of carbonyl (C=O) groups is 1. The highest BCUT2D eigenvalue weighted by atomic mass is 32.2. The molecule has 0 saturated heterocycles. The molecular weight excluding hydrogens is 258 g/mol. The van der Waals surface area contributed by atoms with E-state index in [2.05, 4.69) is 5.32 Å². The van der Waals surface area contributed by atoms with E-state index in [4.69, 9.17) is 4.74 Å². The van der Waals surface area contributed by atoms with Crippen LogP contribution in [-0.2, 0) is 4.79 Å². The minimum atomic E-state index is -0.272. The van der Waals surface area contributed by atoms with Crippen LogP contribution < -0.4 is 10.1 Å². The molecule has 1 atom stereocenters. The third-order valence-electron chi connectivity index (χ3n) is 3.05. The van der Waals surface area contributed by atoms with Gasteiger partial charge in [0.1, 0.15) is 11.0 Å². The van der Waals surface area contributed by atoms with Gasteiger partial charge in [-0.15, -0.1) is 11.8 Å². The number of anilines is 1. The Morgan fingerprint density at radius 2 is 1.84 bits per heavy atom. The standard InChI is InChI=1S/C15H13NO2S/c1-18-12-8-4-2-6-10(12)14-15(17)16-11-7-3-5-9-13(11)19-14/h2-9,14H,1H3,(H,16,17). The van der Waals surface area contributed by atoms with Crippen LogP contribution in [0.5, 0.6) is 5.75 Å². The summed E-state index contributed by atoms with van der Waals surface area (Å²) in [5.41, 5.74) is 1.78. The van der Waals surface area contributed by atoms with Crippen LogP contribution in [0.4, 0.5) is 5.69 Å².